The fourth-order valence-corrected chi connectivity index (χ4v) is 4.40. The summed E-state index contributed by atoms with van der Waals surface area (Å²) in [6.07, 6.45) is 4.24. The number of nitrogens with one attached hydrogen (secondary N) is 1. The highest BCUT2D eigenvalue weighted by molar-refractivity contribution is 7.10. The zero-order valence-electron chi connectivity index (χ0n) is 12.2. The third-order valence-corrected chi connectivity index (χ3v) is 5.56. The standard InChI is InChI=1S/C15H16N4O2S/c1-18-10(4-7-16-18)9-19-13(20)15(17-14(19)21)6-2-3-12-11(15)5-8-22-12/h4-5,7-8H,2-3,6,9H2,1H3,(H,17,21). The van der Waals surface area contributed by atoms with Gasteiger partial charge in [0.2, 0.25) is 0 Å². The van der Waals surface area contributed by atoms with Crippen molar-refractivity contribution in [1.82, 2.24) is 20.0 Å². The highest BCUT2D eigenvalue weighted by Gasteiger charge is 2.54. The molecule has 2 aromatic heterocycles. The summed E-state index contributed by atoms with van der Waals surface area (Å²) < 4.78 is 1.68. The number of aryl methyl sites for hydroxylation is 2. The molecular weight excluding hydrogens is 300 g/mol. The first kappa shape index (κ1) is 13.5. The molecule has 1 atom stereocenters. The van der Waals surface area contributed by atoms with Gasteiger partial charge < -0.3 is 5.32 Å². The van der Waals surface area contributed by atoms with Gasteiger partial charge in [-0.25, -0.2) is 4.79 Å². The van der Waals surface area contributed by atoms with Gasteiger partial charge in [0.1, 0.15) is 5.54 Å². The molecule has 22 heavy (non-hydrogen) atoms. The Balaban J connectivity index is 1.70. The lowest BCUT2D eigenvalue weighted by Crippen LogP contribution is -2.46. The fourth-order valence-electron chi connectivity index (χ4n) is 3.40. The van der Waals surface area contributed by atoms with Crippen molar-refractivity contribution in [2.75, 3.05) is 0 Å². The molecule has 0 aromatic carbocycles. The second kappa shape index (κ2) is 4.67. The van der Waals surface area contributed by atoms with Crippen LogP contribution in [0.2, 0.25) is 0 Å². The SMILES string of the molecule is Cn1nccc1CN1C(=O)NC2(CCCc3sccc32)C1=O. The van der Waals surface area contributed by atoms with Gasteiger partial charge in [0, 0.05) is 23.7 Å². The van der Waals surface area contributed by atoms with Gasteiger partial charge in [-0.05, 0) is 36.8 Å². The second-order valence-electron chi connectivity index (χ2n) is 5.78. The van der Waals surface area contributed by atoms with Gasteiger partial charge in [-0.15, -0.1) is 11.3 Å². The van der Waals surface area contributed by atoms with Gasteiger partial charge >= 0.3 is 6.03 Å². The number of carbonyl (C=O) groups excluding carboxylic acids is 2. The van der Waals surface area contributed by atoms with Crippen molar-refractivity contribution in [2.45, 2.75) is 31.3 Å². The monoisotopic (exact) mass is 316 g/mol. The minimum atomic E-state index is -0.858. The van der Waals surface area contributed by atoms with Crippen LogP contribution in [0.25, 0.3) is 0 Å². The Hall–Kier alpha value is -2.15. The number of rotatable bonds is 2. The number of amides is 3. The summed E-state index contributed by atoms with van der Waals surface area (Å²) in [5.41, 5.74) is 0.958. The van der Waals surface area contributed by atoms with Gasteiger partial charge in [0.05, 0.1) is 12.2 Å². The van der Waals surface area contributed by atoms with Crippen LogP contribution in [0.15, 0.2) is 23.7 Å². The normalized spacial score (nSPS) is 24.0. The van der Waals surface area contributed by atoms with E-state index in [2.05, 4.69) is 10.4 Å². The summed E-state index contributed by atoms with van der Waals surface area (Å²) in [5, 5.41) is 9.05. The number of hydrogen-bond donors (Lipinski definition) is 1. The Bertz CT molecular complexity index is 765. The average Bonchev–Trinajstić information content (AvgIpc) is 3.17. The zero-order valence-corrected chi connectivity index (χ0v) is 13.0. The second-order valence-corrected chi connectivity index (χ2v) is 6.78. The smallest absolute Gasteiger partial charge is 0.319 e. The molecule has 3 heterocycles. The highest BCUT2D eigenvalue weighted by Crippen LogP contribution is 2.42. The minimum absolute atomic E-state index is 0.141. The quantitative estimate of drug-likeness (QED) is 0.859. The Morgan fingerprint density at radius 1 is 1.41 bits per heavy atom. The first-order valence-electron chi connectivity index (χ1n) is 7.30. The van der Waals surface area contributed by atoms with E-state index in [9.17, 15) is 9.59 Å². The molecule has 114 valence electrons. The summed E-state index contributed by atoms with van der Waals surface area (Å²) in [5.74, 6) is -0.141. The maximum atomic E-state index is 13.0. The summed E-state index contributed by atoms with van der Waals surface area (Å²) in [4.78, 5) is 27.9. The van der Waals surface area contributed by atoms with Crippen molar-refractivity contribution in [3.05, 3.63) is 39.8 Å². The van der Waals surface area contributed by atoms with Crippen molar-refractivity contribution in [3.8, 4) is 0 Å². The van der Waals surface area contributed by atoms with Crippen molar-refractivity contribution in [3.63, 3.8) is 0 Å². The number of thiophene rings is 1. The van der Waals surface area contributed by atoms with Crippen molar-refractivity contribution >= 4 is 23.3 Å². The molecule has 0 bridgehead atoms. The third-order valence-electron chi connectivity index (χ3n) is 4.58. The maximum Gasteiger partial charge on any atom is 0.325 e. The molecule has 2 aromatic rings. The van der Waals surface area contributed by atoms with Crippen molar-refractivity contribution in [1.29, 1.82) is 0 Å². The Morgan fingerprint density at radius 3 is 3.05 bits per heavy atom. The Labute approximate surface area is 131 Å². The van der Waals surface area contributed by atoms with E-state index in [4.69, 9.17) is 0 Å². The number of nitrogens with zero attached hydrogens (tertiary/aromatic N) is 3. The topological polar surface area (TPSA) is 67.2 Å². The summed E-state index contributed by atoms with van der Waals surface area (Å²) >= 11 is 1.66. The van der Waals surface area contributed by atoms with E-state index in [0.29, 0.717) is 6.42 Å². The lowest BCUT2D eigenvalue weighted by atomic mass is 9.80. The molecule has 1 aliphatic carbocycles. The predicted octanol–water partition coefficient (Wildman–Crippen LogP) is 1.77. The van der Waals surface area contributed by atoms with Crippen LogP contribution in [0, 0.1) is 0 Å². The zero-order chi connectivity index (χ0) is 15.3. The van der Waals surface area contributed by atoms with Crippen LogP contribution in [0.1, 0.15) is 29.0 Å². The maximum absolute atomic E-state index is 13.0. The molecule has 1 unspecified atom stereocenters. The molecule has 1 saturated heterocycles. The van der Waals surface area contributed by atoms with Crippen LogP contribution < -0.4 is 5.32 Å². The predicted molar refractivity (Wildman–Crippen MR) is 81.2 cm³/mol. The molecule has 1 N–H and O–H groups in total. The van der Waals surface area contributed by atoms with Crippen LogP contribution in [-0.2, 0) is 30.3 Å². The van der Waals surface area contributed by atoms with E-state index >= 15 is 0 Å². The third kappa shape index (κ3) is 1.75. The average molecular weight is 316 g/mol. The van der Waals surface area contributed by atoms with Crippen LogP contribution in [0.5, 0.6) is 0 Å². The molecule has 7 heteroatoms. The number of hydrogen-bond acceptors (Lipinski definition) is 4. The van der Waals surface area contributed by atoms with Crippen molar-refractivity contribution in [2.24, 2.45) is 7.05 Å². The van der Waals surface area contributed by atoms with E-state index in [1.165, 1.54) is 9.78 Å². The molecule has 1 spiro atoms. The first-order chi connectivity index (χ1) is 10.6. The van der Waals surface area contributed by atoms with E-state index in [1.54, 1.807) is 29.3 Å². The summed E-state index contributed by atoms with van der Waals surface area (Å²) in [6, 6.07) is 3.48. The first-order valence-corrected chi connectivity index (χ1v) is 8.17. The molecule has 1 aliphatic heterocycles. The number of aromatic nitrogens is 2. The van der Waals surface area contributed by atoms with E-state index in [-0.39, 0.29) is 18.5 Å². The minimum Gasteiger partial charge on any atom is -0.319 e. The van der Waals surface area contributed by atoms with E-state index in [1.807, 2.05) is 17.5 Å². The van der Waals surface area contributed by atoms with Gasteiger partial charge in [-0.3, -0.25) is 14.4 Å². The van der Waals surface area contributed by atoms with Crippen LogP contribution in [-0.4, -0.2) is 26.6 Å². The fraction of sp³-hybridized carbons (Fsp3) is 0.400. The van der Waals surface area contributed by atoms with Crippen LogP contribution >= 0.6 is 11.3 Å². The Kier molecular flexibility index (Phi) is 2.87. The molecule has 6 nitrogen and oxygen atoms in total. The highest BCUT2D eigenvalue weighted by atomic mass is 32.1. The number of fused-ring (bicyclic) bond motifs is 2. The molecular formula is C15H16N4O2S. The van der Waals surface area contributed by atoms with E-state index < -0.39 is 5.54 Å². The molecule has 2 aliphatic rings. The van der Waals surface area contributed by atoms with E-state index in [0.717, 1.165) is 24.1 Å². The van der Waals surface area contributed by atoms with Gasteiger partial charge in [-0.1, -0.05) is 0 Å². The van der Waals surface area contributed by atoms with Gasteiger partial charge in [0.25, 0.3) is 5.91 Å². The van der Waals surface area contributed by atoms with Crippen molar-refractivity contribution < 1.29 is 9.59 Å². The molecule has 0 radical (unpaired) electrons. The summed E-state index contributed by atoms with van der Waals surface area (Å²) in [7, 11) is 1.81. The Morgan fingerprint density at radius 2 is 2.27 bits per heavy atom. The lowest BCUT2D eigenvalue weighted by molar-refractivity contribution is -0.132. The largest absolute Gasteiger partial charge is 0.325 e. The number of carbonyl (C=O) groups is 2. The number of imide groups is 1. The van der Waals surface area contributed by atoms with Gasteiger partial charge in [0.15, 0.2) is 0 Å². The van der Waals surface area contributed by atoms with Crippen LogP contribution in [0.4, 0.5) is 4.79 Å². The van der Waals surface area contributed by atoms with Gasteiger partial charge in [-0.2, -0.15) is 5.10 Å². The molecule has 4 rings (SSSR count). The summed E-state index contributed by atoms with van der Waals surface area (Å²) in [6.45, 7) is 0.252. The molecule has 1 fully saturated rings. The molecule has 3 amide bonds. The lowest BCUT2D eigenvalue weighted by Gasteiger charge is -2.31. The number of urea groups is 1. The van der Waals surface area contributed by atoms with Crippen LogP contribution in [0.3, 0.4) is 0 Å². The molecule has 0 saturated carbocycles.